The summed E-state index contributed by atoms with van der Waals surface area (Å²) in [6.07, 6.45) is 2.83. The number of aromatic nitrogens is 2. The number of nitrogens with zero attached hydrogens (tertiary/aromatic N) is 3. The SMILES string of the molecule is CC(C)(C)c1cc(NC(=O)Cn2cc(S(=O)(=O)N3CCCC3)ccc2=O)on1. The predicted molar refractivity (Wildman–Crippen MR) is 103 cm³/mol. The van der Waals surface area contributed by atoms with E-state index in [2.05, 4.69) is 10.5 Å². The molecule has 0 bridgehead atoms. The van der Waals surface area contributed by atoms with Crippen molar-refractivity contribution in [2.75, 3.05) is 18.4 Å². The highest BCUT2D eigenvalue weighted by molar-refractivity contribution is 7.89. The third kappa shape index (κ3) is 4.33. The van der Waals surface area contributed by atoms with Gasteiger partial charge in [-0.3, -0.25) is 14.9 Å². The molecule has 28 heavy (non-hydrogen) atoms. The van der Waals surface area contributed by atoms with Crippen molar-refractivity contribution in [1.29, 1.82) is 0 Å². The topological polar surface area (TPSA) is 115 Å². The lowest BCUT2D eigenvalue weighted by atomic mass is 9.92. The van der Waals surface area contributed by atoms with Crippen LogP contribution < -0.4 is 10.9 Å². The van der Waals surface area contributed by atoms with Gasteiger partial charge in [-0.25, -0.2) is 8.42 Å². The van der Waals surface area contributed by atoms with Gasteiger partial charge >= 0.3 is 0 Å². The maximum absolute atomic E-state index is 12.7. The second-order valence-electron chi connectivity index (χ2n) is 7.82. The zero-order valence-corrected chi connectivity index (χ0v) is 17.0. The number of carbonyl (C=O) groups excluding carboxylic acids is 1. The van der Waals surface area contributed by atoms with E-state index in [0.717, 1.165) is 23.5 Å². The molecule has 1 aliphatic heterocycles. The van der Waals surface area contributed by atoms with Crippen molar-refractivity contribution in [3.63, 3.8) is 0 Å². The van der Waals surface area contributed by atoms with E-state index in [1.807, 2.05) is 20.8 Å². The van der Waals surface area contributed by atoms with Crippen LogP contribution in [0.4, 0.5) is 5.88 Å². The first-order chi connectivity index (χ1) is 13.1. The van der Waals surface area contributed by atoms with E-state index in [1.54, 1.807) is 6.07 Å². The molecule has 0 aliphatic carbocycles. The Kier molecular flexibility index (Phi) is 5.44. The molecule has 1 amide bonds. The molecule has 0 saturated carbocycles. The fourth-order valence-electron chi connectivity index (χ4n) is 2.88. The molecule has 1 N–H and O–H groups in total. The Labute approximate surface area is 163 Å². The molecule has 1 fully saturated rings. The molecule has 152 valence electrons. The van der Waals surface area contributed by atoms with Crippen LogP contribution in [0.1, 0.15) is 39.3 Å². The Balaban J connectivity index is 1.76. The molecule has 0 spiro atoms. The molecule has 0 aromatic carbocycles. The van der Waals surface area contributed by atoms with Crippen LogP contribution >= 0.6 is 0 Å². The van der Waals surface area contributed by atoms with Gasteiger partial charge in [-0.05, 0) is 18.9 Å². The van der Waals surface area contributed by atoms with Gasteiger partial charge < -0.3 is 9.09 Å². The van der Waals surface area contributed by atoms with Gasteiger partial charge in [0.1, 0.15) is 6.54 Å². The smallest absolute Gasteiger partial charge is 0.251 e. The summed E-state index contributed by atoms with van der Waals surface area (Å²) >= 11 is 0. The first-order valence-electron chi connectivity index (χ1n) is 9.05. The highest BCUT2D eigenvalue weighted by Gasteiger charge is 2.28. The maximum Gasteiger partial charge on any atom is 0.251 e. The molecular weight excluding hydrogens is 384 g/mol. The summed E-state index contributed by atoms with van der Waals surface area (Å²) < 4.78 is 32.9. The van der Waals surface area contributed by atoms with Crippen LogP contribution in [0.5, 0.6) is 0 Å². The summed E-state index contributed by atoms with van der Waals surface area (Å²) in [5, 5.41) is 6.45. The fourth-order valence-corrected chi connectivity index (χ4v) is 4.42. The first kappa shape index (κ1) is 20.3. The number of carbonyl (C=O) groups is 1. The number of sulfonamides is 1. The maximum atomic E-state index is 12.7. The van der Waals surface area contributed by atoms with Gasteiger partial charge in [-0.15, -0.1) is 0 Å². The van der Waals surface area contributed by atoms with E-state index in [0.29, 0.717) is 18.8 Å². The Hall–Kier alpha value is -2.46. The van der Waals surface area contributed by atoms with E-state index < -0.39 is 21.5 Å². The third-order valence-corrected chi connectivity index (χ3v) is 6.40. The lowest BCUT2D eigenvalue weighted by molar-refractivity contribution is -0.116. The number of pyridine rings is 1. The minimum absolute atomic E-state index is 0.00326. The molecule has 2 aromatic rings. The largest absolute Gasteiger partial charge is 0.338 e. The standard InChI is InChI=1S/C18H24N4O5S/c1-18(2,3)14-10-16(27-20-14)19-15(23)12-21-11-13(6-7-17(21)24)28(25,26)22-8-4-5-9-22/h6-7,10-11H,4-5,8-9,12H2,1-3H3,(H,19,23). The zero-order chi connectivity index (χ0) is 20.5. The lowest BCUT2D eigenvalue weighted by Crippen LogP contribution is -2.31. The average molecular weight is 408 g/mol. The van der Waals surface area contributed by atoms with Crippen molar-refractivity contribution in [2.45, 2.75) is 50.5 Å². The molecule has 1 saturated heterocycles. The highest BCUT2D eigenvalue weighted by Crippen LogP contribution is 2.23. The summed E-state index contributed by atoms with van der Waals surface area (Å²) in [4.78, 5) is 24.4. The van der Waals surface area contributed by atoms with Crippen molar-refractivity contribution in [3.8, 4) is 0 Å². The van der Waals surface area contributed by atoms with Gasteiger partial charge in [0.05, 0.1) is 10.6 Å². The van der Waals surface area contributed by atoms with E-state index in [4.69, 9.17) is 4.52 Å². The number of hydrogen-bond acceptors (Lipinski definition) is 6. The van der Waals surface area contributed by atoms with Crippen LogP contribution in [-0.4, -0.2) is 41.4 Å². The van der Waals surface area contributed by atoms with Gasteiger partial charge in [0.2, 0.25) is 21.8 Å². The summed E-state index contributed by atoms with van der Waals surface area (Å²) in [5.74, 6) is -0.349. The Morgan fingerprint density at radius 1 is 1.25 bits per heavy atom. The molecule has 1 aliphatic rings. The van der Waals surface area contributed by atoms with E-state index in [1.165, 1.54) is 16.6 Å². The minimum Gasteiger partial charge on any atom is -0.338 e. The predicted octanol–water partition coefficient (Wildman–Crippen LogP) is 1.56. The van der Waals surface area contributed by atoms with Crippen LogP contribution in [0.15, 0.2) is 38.6 Å². The van der Waals surface area contributed by atoms with Crippen LogP contribution in [0.3, 0.4) is 0 Å². The van der Waals surface area contributed by atoms with Crippen LogP contribution in [-0.2, 0) is 26.8 Å². The number of amides is 1. The second kappa shape index (κ2) is 7.51. The van der Waals surface area contributed by atoms with Crippen molar-refractivity contribution >= 4 is 21.8 Å². The van der Waals surface area contributed by atoms with E-state index >= 15 is 0 Å². The molecule has 3 rings (SSSR count). The fraction of sp³-hybridized carbons (Fsp3) is 0.500. The van der Waals surface area contributed by atoms with Crippen molar-refractivity contribution in [1.82, 2.24) is 14.0 Å². The molecule has 0 radical (unpaired) electrons. The van der Waals surface area contributed by atoms with Crippen LogP contribution in [0.2, 0.25) is 0 Å². The minimum atomic E-state index is -3.67. The lowest BCUT2D eigenvalue weighted by Gasteiger charge is -2.16. The normalized spacial score (nSPS) is 15.7. The molecule has 2 aromatic heterocycles. The van der Waals surface area contributed by atoms with Crippen molar-refractivity contribution in [3.05, 3.63) is 40.4 Å². The van der Waals surface area contributed by atoms with Crippen LogP contribution in [0, 0.1) is 0 Å². The number of rotatable bonds is 5. The highest BCUT2D eigenvalue weighted by atomic mass is 32.2. The third-order valence-electron chi connectivity index (χ3n) is 4.51. The van der Waals surface area contributed by atoms with Crippen molar-refractivity contribution in [2.24, 2.45) is 0 Å². The van der Waals surface area contributed by atoms with Crippen molar-refractivity contribution < 1.29 is 17.7 Å². The summed E-state index contributed by atoms with van der Waals surface area (Å²) in [5.41, 5.74) is -0.0241. The molecule has 10 heteroatoms. The van der Waals surface area contributed by atoms with Gasteiger partial charge in [-0.1, -0.05) is 25.9 Å². The van der Waals surface area contributed by atoms with Gasteiger partial charge in [0.15, 0.2) is 0 Å². The number of nitrogens with one attached hydrogen (secondary N) is 1. The van der Waals surface area contributed by atoms with Gasteiger partial charge in [0, 0.05) is 36.8 Å². The van der Waals surface area contributed by atoms with E-state index in [-0.39, 0.29) is 22.7 Å². The molecule has 0 atom stereocenters. The molecular formula is C18H24N4O5S. The van der Waals surface area contributed by atoms with Gasteiger partial charge in [0.25, 0.3) is 5.56 Å². The Morgan fingerprint density at radius 3 is 2.54 bits per heavy atom. The number of anilines is 1. The first-order valence-corrected chi connectivity index (χ1v) is 10.5. The van der Waals surface area contributed by atoms with E-state index in [9.17, 15) is 18.0 Å². The average Bonchev–Trinajstić information content (AvgIpc) is 3.28. The molecule has 0 unspecified atom stereocenters. The Bertz CT molecular complexity index is 1030. The number of hydrogen-bond donors (Lipinski definition) is 1. The van der Waals surface area contributed by atoms with Gasteiger partial charge in [-0.2, -0.15) is 4.31 Å². The Morgan fingerprint density at radius 2 is 1.93 bits per heavy atom. The summed E-state index contributed by atoms with van der Waals surface area (Å²) in [6, 6.07) is 4.05. The monoisotopic (exact) mass is 408 g/mol. The summed E-state index contributed by atoms with van der Waals surface area (Å²) in [7, 11) is -3.67. The molecule has 9 nitrogen and oxygen atoms in total. The zero-order valence-electron chi connectivity index (χ0n) is 16.1. The molecule has 3 heterocycles. The quantitative estimate of drug-likeness (QED) is 0.803. The summed E-state index contributed by atoms with van der Waals surface area (Å²) in [6.45, 7) is 6.47. The van der Waals surface area contributed by atoms with Crippen LogP contribution in [0.25, 0.3) is 0 Å². The second-order valence-corrected chi connectivity index (χ2v) is 9.75.